The molecule has 0 saturated carbocycles. The number of amides is 1. The van der Waals surface area contributed by atoms with Crippen molar-refractivity contribution in [2.75, 3.05) is 5.32 Å². The number of nitrogens with one attached hydrogen (secondary N) is 2. The number of aromatic amines is 1. The standard InChI is InChI=1S/C19H17N3O3S/c1-12(18(25)20-14-7-9-15(23)10-8-14)26-19-21-16(11-17(24)22-19)13-5-3-2-4-6-13/h2-12,23H,1H3,(H,20,25)(H,21,22,24). The Bertz CT molecular complexity index is 956. The van der Waals surface area contributed by atoms with Gasteiger partial charge in [0.1, 0.15) is 5.75 Å². The Morgan fingerprint density at radius 3 is 2.54 bits per heavy atom. The quantitative estimate of drug-likeness (QED) is 0.365. The molecule has 1 amide bonds. The predicted molar refractivity (Wildman–Crippen MR) is 102 cm³/mol. The van der Waals surface area contributed by atoms with Crippen LogP contribution in [0.4, 0.5) is 5.69 Å². The lowest BCUT2D eigenvalue weighted by molar-refractivity contribution is -0.115. The number of anilines is 1. The molecule has 3 N–H and O–H groups in total. The Labute approximate surface area is 154 Å². The normalized spacial score (nSPS) is 11.7. The van der Waals surface area contributed by atoms with Crippen molar-refractivity contribution >= 4 is 23.4 Å². The lowest BCUT2D eigenvalue weighted by Crippen LogP contribution is -2.23. The average Bonchev–Trinajstić information content (AvgIpc) is 2.64. The summed E-state index contributed by atoms with van der Waals surface area (Å²) in [5.74, 6) is -0.0987. The van der Waals surface area contributed by atoms with Crippen LogP contribution in [0.15, 0.2) is 70.6 Å². The number of hydrogen-bond donors (Lipinski definition) is 3. The van der Waals surface area contributed by atoms with Crippen LogP contribution in [0.3, 0.4) is 0 Å². The maximum atomic E-state index is 12.3. The van der Waals surface area contributed by atoms with Gasteiger partial charge in [0.25, 0.3) is 5.56 Å². The fourth-order valence-corrected chi connectivity index (χ4v) is 3.07. The highest BCUT2D eigenvalue weighted by atomic mass is 32.2. The van der Waals surface area contributed by atoms with Crippen molar-refractivity contribution < 1.29 is 9.90 Å². The lowest BCUT2D eigenvalue weighted by atomic mass is 10.1. The highest BCUT2D eigenvalue weighted by molar-refractivity contribution is 8.00. The summed E-state index contributed by atoms with van der Waals surface area (Å²) in [6, 6.07) is 17.0. The van der Waals surface area contributed by atoms with E-state index in [0.29, 0.717) is 16.5 Å². The first-order chi connectivity index (χ1) is 12.5. The molecule has 0 spiro atoms. The molecule has 0 aliphatic heterocycles. The number of nitrogens with zero attached hydrogens (tertiary/aromatic N) is 1. The highest BCUT2D eigenvalue weighted by Gasteiger charge is 2.17. The molecule has 2 aromatic carbocycles. The number of hydrogen-bond acceptors (Lipinski definition) is 5. The van der Waals surface area contributed by atoms with Crippen LogP contribution in [-0.4, -0.2) is 26.2 Å². The zero-order valence-electron chi connectivity index (χ0n) is 14.0. The topological polar surface area (TPSA) is 95.1 Å². The molecule has 3 rings (SSSR count). The number of H-pyrrole nitrogens is 1. The molecule has 1 unspecified atom stereocenters. The molecule has 0 saturated heterocycles. The van der Waals surface area contributed by atoms with Crippen LogP contribution in [-0.2, 0) is 4.79 Å². The third-order valence-corrected chi connectivity index (χ3v) is 4.57. The van der Waals surface area contributed by atoms with E-state index in [4.69, 9.17) is 0 Å². The summed E-state index contributed by atoms with van der Waals surface area (Å²) in [6.07, 6.45) is 0. The zero-order chi connectivity index (χ0) is 18.5. The van der Waals surface area contributed by atoms with Crippen molar-refractivity contribution in [2.45, 2.75) is 17.3 Å². The second-order valence-electron chi connectivity index (χ2n) is 5.60. The van der Waals surface area contributed by atoms with Crippen molar-refractivity contribution in [1.29, 1.82) is 0 Å². The maximum absolute atomic E-state index is 12.3. The molecular weight excluding hydrogens is 350 g/mol. The van der Waals surface area contributed by atoms with E-state index in [1.807, 2.05) is 30.3 Å². The molecule has 0 radical (unpaired) electrons. The van der Waals surface area contributed by atoms with Crippen LogP contribution in [0.5, 0.6) is 5.75 Å². The molecule has 132 valence electrons. The summed E-state index contributed by atoms with van der Waals surface area (Å²) >= 11 is 1.17. The van der Waals surface area contributed by atoms with Gasteiger partial charge >= 0.3 is 0 Å². The number of aromatic hydroxyl groups is 1. The fraction of sp³-hybridized carbons (Fsp3) is 0.105. The lowest BCUT2D eigenvalue weighted by Gasteiger charge is -2.12. The third-order valence-electron chi connectivity index (χ3n) is 3.58. The van der Waals surface area contributed by atoms with E-state index in [-0.39, 0.29) is 17.2 Å². The Morgan fingerprint density at radius 2 is 1.85 bits per heavy atom. The molecule has 1 atom stereocenters. The van der Waals surface area contributed by atoms with Crippen LogP contribution < -0.4 is 10.9 Å². The van der Waals surface area contributed by atoms with E-state index in [0.717, 1.165) is 5.56 Å². The molecule has 0 bridgehead atoms. The molecule has 0 aliphatic rings. The number of carbonyl (C=O) groups excluding carboxylic acids is 1. The van der Waals surface area contributed by atoms with Crippen molar-refractivity contribution in [1.82, 2.24) is 9.97 Å². The van der Waals surface area contributed by atoms with Gasteiger partial charge in [-0.3, -0.25) is 9.59 Å². The van der Waals surface area contributed by atoms with Gasteiger partial charge in [-0.25, -0.2) is 4.98 Å². The second-order valence-corrected chi connectivity index (χ2v) is 6.93. The first-order valence-corrected chi connectivity index (χ1v) is 8.82. The average molecular weight is 367 g/mol. The summed E-state index contributed by atoms with van der Waals surface area (Å²) in [7, 11) is 0. The monoisotopic (exact) mass is 367 g/mol. The van der Waals surface area contributed by atoms with Crippen molar-refractivity contribution in [2.24, 2.45) is 0 Å². The van der Waals surface area contributed by atoms with Crippen LogP contribution in [0, 0.1) is 0 Å². The maximum Gasteiger partial charge on any atom is 0.252 e. The molecule has 0 aliphatic carbocycles. The van der Waals surface area contributed by atoms with Gasteiger partial charge in [0, 0.05) is 17.3 Å². The summed E-state index contributed by atoms with van der Waals surface area (Å²) in [4.78, 5) is 31.3. The molecule has 6 nitrogen and oxygen atoms in total. The van der Waals surface area contributed by atoms with Gasteiger partial charge < -0.3 is 15.4 Å². The van der Waals surface area contributed by atoms with E-state index < -0.39 is 5.25 Å². The van der Waals surface area contributed by atoms with Gasteiger partial charge in [-0.2, -0.15) is 0 Å². The number of carbonyl (C=O) groups is 1. The molecule has 0 fully saturated rings. The van der Waals surface area contributed by atoms with Crippen LogP contribution >= 0.6 is 11.8 Å². The minimum Gasteiger partial charge on any atom is -0.508 e. The molecule has 1 heterocycles. The van der Waals surface area contributed by atoms with E-state index in [9.17, 15) is 14.7 Å². The number of phenolic OH excluding ortho intramolecular Hbond substituents is 1. The van der Waals surface area contributed by atoms with E-state index in [1.54, 1.807) is 19.1 Å². The Kier molecular flexibility index (Phi) is 5.38. The molecule has 7 heteroatoms. The number of thioether (sulfide) groups is 1. The summed E-state index contributed by atoms with van der Waals surface area (Å²) in [6.45, 7) is 1.73. The SMILES string of the molecule is CC(Sc1nc(-c2ccccc2)cc(=O)[nH]1)C(=O)Nc1ccc(O)cc1. The Balaban J connectivity index is 1.73. The summed E-state index contributed by atoms with van der Waals surface area (Å²) < 4.78 is 0. The third kappa shape index (κ3) is 4.52. The predicted octanol–water partition coefficient (Wildman–Crippen LogP) is 3.26. The smallest absolute Gasteiger partial charge is 0.252 e. The van der Waals surface area contributed by atoms with Gasteiger partial charge in [0.05, 0.1) is 10.9 Å². The summed E-state index contributed by atoms with van der Waals surface area (Å²) in [5, 5.41) is 11.9. The highest BCUT2D eigenvalue weighted by Crippen LogP contribution is 2.23. The second kappa shape index (κ2) is 7.88. The van der Waals surface area contributed by atoms with Gasteiger partial charge in [-0.1, -0.05) is 42.1 Å². The molecule has 26 heavy (non-hydrogen) atoms. The van der Waals surface area contributed by atoms with Gasteiger partial charge in [0.2, 0.25) is 5.91 Å². The first kappa shape index (κ1) is 17.8. The van der Waals surface area contributed by atoms with Gasteiger partial charge in [-0.05, 0) is 31.2 Å². The Morgan fingerprint density at radius 1 is 1.15 bits per heavy atom. The van der Waals surface area contributed by atoms with E-state index in [2.05, 4.69) is 15.3 Å². The number of aromatic nitrogens is 2. The van der Waals surface area contributed by atoms with E-state index in [1.165, 1.54) is 30.0 Å². The van der Waals surface area contributed by atoms with Crippen molar-refractivity contribution in [3.63, 3.8) is 0 Å². The van der Waals surface area contributed by atoms with Gasteiger partial charge in [-0.15, -0.1) is 0 Å². The minimum atomic E-state index is -0.474. The molecule has 1 aromatic heterocycles. The van der Waals surface area contributed by atoms with Crippen LogP contribution in [0.2, 0.25) is 0 Å². The zero-order valence-corrected chi connectivity index (χ0v) is 14.8. The van der Waals surface area contributed by atoms with E-state index >= 15 is 0 Å². The number of phenols is 1. The number of rotatable bonds is 5. The fourth-order valence-electron chi connectivity index (χ4n) is 2.26. The van der Waals surface area contributed by atoms with Crippen molar-refractivity contribution in [3.8, 4) is 17.0 Å². The molecular formula is C19H17N3O3S. The van der Waals surface area contributed by atoms with Gasteiger partial charge in [0.15, 0.2) is 5.16 Å². The Hall–Kier alpha value is -3.06. The number of benzene rings is 2. The minimum absolute atomic E-state index is 0.130. The first-order valence-electron chi connectivity index (χ1n) is 7.94. The van der Waals surface area contributed by atoms with Crippen molar-refractivity contribution in [3.05, 3.63) is 71.0 Å². The summed E-state index contributed by atoms with van der Waals surface area (Å²) in [5.41, 5.74) is 1.71. The van der Waals surface area contributed by atoms with Crippen LogP contribution in [0.25, 0.3) is 11.3 Å². The van der Waals surface area contributed by atoms with Crippen LogP contribution in [0.1, 0.15) is 6.92 Å². The largest absolute Gasteiger partial charge is 0.508 e. The molecule has 3 aromatic rings.